The highest BCUT2D eigenvalue weighted by molar-refractivity contribution is 5.94. The summed E-state index contributed by atoms with van der Waals surface area (Å²) in [5.74, 6) is 0.357. The number of aliphatic hydroxyl groups is 1. The molecule has 5 nitrogen and oxygen atoms in total. The maximum Gasteiger partial charge on any atom is 0.273 e. The molecule has 1 amide bonds. The summed E-state index contributed by atoms with van der Waals surface area (Å²) >= 11 is 0. The normalized spacial score (nSPS) is 13.3. The number of ether oxygens (including phenoxy) is 1. The van der Waals surface area contributed by atoms with Crippen molar-refractivity contribution in [3.8, 4) is 5.75 Å². The van der Waals surface area contributed by atoms with Gasteiger partial charge in [-0.2, -0.15) is 0 Å². The summed E-state index contributed by atoms with van der Waals surface area (Å²) in [7, 11) is 0. The number of aromatic nitrogens is 1. The number of nitrogens with one attached hydrogen (secondary N) is 1. The van der Waals surface area contributed by atoms with Gasteiger partial charge in [-0.25, -0.2) is 4.98 Å². The van der Waals surface area contributed by atoms with E-state index in [1.165, 1.54) is 0 Å². The number of hydrogen-bond donors (Lipinski definition) is 2. The standard InChI is InChI=1S/C15H22N2O3/c1-4-8-20-13-6-5-7-16-14(13)15(19)17-10-11(2)9-12(3)18/h4-7,11-12,18H,1,8-10H2,2-3H3,(H,17,19). The lowest BCUT2D eigenvalue weighted by Crippen LogP contribution is -2.30. The van der Waals surface area contributed by atoms with Crippen LogP contribution < -0.4 is 10.1 Å². The zero-order chi connectivity index (χ0) is 15.0. The molecule has 110 valence electrons. The van der Waals surface area contributed by atoms with Gasteiger partial charge in [-0.05, 0) is 31.4 Å². The topological polar surface area (TPSA) is 71.5 Å². The summed E-state index contributed by atoms with van der Waals surface area (Å²) < 4.78 is 5.40. The van der Waals surface area contributed by atoms with Gasteiger partial charge in [0.25, 0.3) is 5.91 Å². The highest BCUT2D eigenvalue weighted by atomic mass is 16.5. The molecule has 5 heteroatoms. The zero-order valence-corrected chi connectivity index (χ0v) is 12.0. The lowest BCUT2D eigenvalue weighted by atomic mass is 10.0. The third-order valence-electron chi connectivity index (χ3n) is 2.70. The predicted octanol–water partition coefficient (Wildman–Crippen LogP) is 1.78. The predicted molar refractivity (Wildman–Crippen MR) is 77.7 cm³/mol. The van der Waals surface area contributed by atoms with Crippen LogP contribution in [-0.4, -0.2) is 35.3 Å². The molecular weight excluding hydrogens is 256 g/mol. The quantitative estimate of drug-likeness (QED) is 0.711. The minimum absolute atomic E-state index is 0.195. The first-order chi connectivity index (χ1) is 9.54. The monoisotopic (exact) mass is 278 g/mol. The molecule has 0 aliphatic heterocycles. The number of rotatable bonds is 8. The van der Waals surface area contributed by atoms with Gasteiger partial charge in [0, 0.05) is 12.7 Å². The van der Waals surface area contributed by atoms with Crippen molar-refractivity contribution >= 4 is 5.91 Å². The van der Waals surface area contributed by atoms with Crippen molar-refractivity contribution in [1.29, 1.82) is 0 Å². The van der Waals surface area contributed by atoms with E-state index in [0.29, 0.717) is 25.3 Å². The average Bonchev–Trinajstić information content (AvgIpc) is 2.42. The summed E-state index contributed by atoms with van der Waals surface area (Å²) in [5.41, 5.74) is 0.263. The molecule has 1 rings (SSSR count). The van der Waals surface area contributed by atoms with Gasteiger partial charge in [0.05, 0.1) is 6.10 Å². The molecule has 1 aromatic heterocycles. The van der Waals surface area contributed by atoms with Crippen LogP contribution >= 0.6 is 0 Å². The largest absolute Gasteiger partial charge is 0.487 e. The number of nitrogens with zero attached hydrogens (tertiary/aromatic N) is 1. The van der Waals surface area contributed by atoms with E-state index >= 15 is 0 Å². The molecule has 0 aromatic carbocycles. The molecule has 0 saturated heterocycles. The van der Waals surface area contributed by atoms with Gasteiger partial charge < -0.3 is 15.2 Å². The summed E-state index contributed by atoms with van der Waals surface area (Å²) in [4.78, 5) is 16.1. The van der Waals surface area contributed by atoms with Crippen LogP contribution in [0.25, 0.3) is 0 Å². The second kappa shape index (κ2) is 8.32. The Morgan fingerprint density at radius 3 is 3.00 bits per heavy atom. The minimum atomic E-state index is -0.372. The number of carbonyl (C=O) groups excluding carboxylic acids is 1. The first-order valence-corrected chi connectivity index (χ1v) is 6.69. The van der Waals surface area contributed by atoms with E-state index in [2.05, 4.69) is 16.9 Å². The first kappa shape index (κ1) is 16.2. The molecule has 0 fully saturated rings. The van der Waals surface area contributed by atoms with Crippen LogP contribution in [-0.2, 0) is 0 Å². The van der Waals surface area contributed by atoms with Crippen molar-refractivity contribution < 1.29 is 14.6 Å². The zero-order valence-electron chi connectivity index (χ0n) is 12.0. The molecular formula is C15H22N2O3. The fourth-order valence-electron chi connectivity index (χ4n) is 1.84. The van der Waals surface area contributed by atoms with Gasteiger partial charge >= 0.3 is 0 Å². The Labute approximate surface area is 119 Å². The molecule has 2 atom stereocenters. The second-order valence-corrected chi connectivity index (χ2v) is 4.85. The minimum Gasteiger partial charge on any atom is -0.487 e. The molecule has 0 bridgehead atoms. The number of pyridine rings is 1. The van der Waals surface area contributed by atoms with Crippen LogP contribution in [0.2, 0.25) is 0 Å². The van der Waals surface area contributed by atoms with Crippen molar-refractivity contribution in [3.63, 3.8) is 0 Å². The Hall–Kier alpha value is -1.88. The Morgan fingerprint density at radius 2 is 2.35 bits per heavy atom. The molecule has 2 N–H and O–H groups in total. The van der Waals surface area contributed by atoms with E-state index in [0.717, 1.165) is 0 Å². The molecule has 20 heavy (non-hydrogen) atoms. The third-order valence-corrected chi connectivity index (χ3v) is 2.70. The molecule has 1 aromatic rings. The summed E-state index contributed by atoms with van der Waals surface area (Å²) in [6.45, 7) is 8.09. The molecule has 2 unspecified atom stereocenters. The first-order valence-electron chi connectivity index (χ1n) is 6.69. The Kier molecular flexibility index (Phi) is 6.73. The van der Waals surface area contributed by atoms with Crippen LogP contribution in [0, 0.1) is 5.92 Å². The lowest BCUT2D eigenvalue weighted by molar-refractivity contribution is 0.0930. The molecule has 1 heterocycles. The molecule has 0 aliphatic carbocycles. The van der Waals surface area contributed by atoms with Crippen molar-refractivity contribution in [2.24, 2.45) is 5.92 Å². The maximum absolute atomic E-state index is 12.1. The van der Waals surface area contributed by atoms with Gasteiger partial charge in [-0.1, -0.05) is 19.6 Å². The number of aliphatic hydroxyl groups excluding tert-OH is 1. The van der Waals surface area contributed by atoms with E-state index in [1.807, 2.05) is 6.92 Å². The van der Waals surface area contributed by atoms with E-state index in [9.17, 15) is 9.90 Å². The molecule has 0 spiro atoms. The van der Waals surface area contributed by atoms with Gasteiger partial charge in [0.2, 0.25) is 0 Å². The van der Waals surface area contributed by atoms with Crippen molar-refractivity contribution in [1.82, 2.24) is 10.3 Å². The SMILES string of the molecule is C=CCOc1cccnc1C(=O)NCC(C)CC(C)O. The summed E-state index contributed by atoms with van der Waals surface area (Å²) in [5, 5.41) is 12.1. The lowest BCUT2D eigenvalue weighted by Gasteiger charge is -2.15. The van der Waals surface area contributed by atoms with Crippen LogP contribution in [0.1, 0.15) is 30.8 Å². The Bertz CT molecular complexity index is 446. The summed E-state index contributed by atoms with van der Waals surface area (Å²) in [6, 6.07) is 3.41. The average molecular weight is 278 g/mol. The Morgan fingerprint density at radius 1 is 1.60 bits per heavy atom. The van der Waals surface area contributed by atoms with Crippen LogP contribution in [0.5, 0.6) is 5.75 Å². The van der Waals surface area contributed by atoms with Crippen molar-refractivity contribution in [3.05, 3.63) is 36.7 Å². The van der Waals surface area contributed by atoms with E-state index in [1.54, 1.807) is 31.3 Å². The van der Waals surface area contributed by atoms with Crippen LogP contribution in [0.4, 0.5) is 0 Å². The van der Waals surface area contributed by atoms with Crippen molar-refractivity contribution in [2.45, 2.75) is 26.4 Å². The van der Waals surface area contributed by atoms with Gasteiger partial charge in [-0.3, -0.25) is 4.79 Å². The number of amides is 1. The maximum atomic E-state index is 12.1. The highest BCUT2D eigenvalue weighted by Crippen LogP contribution is 2.15. The van der Waals surface area contributed by atoms with Crippen LogP contribution in [0.3, 0.4) is 0 Å². The van der Waals surface area contributed by atoms with E-state index in [-0.39, 0.29) is 23.6 Å². The van der Waals surface area contributed by atoms with Gasteiger partial charge in [0.1, 0.15) is 6.61 Å². The van der Waals surface area contributed by atoms with Gasteiger partial charge in [-0.15, -0.1) is 0 Å². The smallest absolute Gasteiger partial charge is 0.273 e. The second-order valence-electron chi connectivity index (χ2n) is 4.85. The number of hydrogen-bond acceptors (Lipinski definition) is 4. The number of carbonyl (C=O) groups is 1. The highest BCUT2D eigenvalue weighted by Gasteiger charge is 2.15. The molecule has 0 aliphatic rings. The molecule has 0 radical (unpaired) electrons. The van der Waals surface area contributed by atoms with Crippen molar-refractivity contribution in [2.75, 3.05) is 13.2 Å². The molecule has 0 saturated carbocycles. The Balaban J connectivity index is 2.60. The van der Waals surface area contributed by atoms with Crippen LogP contribution in [0.15, 0.2) is 31.0 Å². The van der Waals surface area contributed by atoms with Gasteiger partial charge in [0.15, 0.2) is 11.4 Å². The third kappa shape index (κ3) is 5.40. The van der Waals surface area contributed by atoms with E-state index in [4.69, 9.17) is 4.74 Å². The fourth-order valence-corrected chi connectivity index (χ4v) is 1.84. The fraction of sp³-hybridized carbons (Fsp3) is 0.467. The van der Waals surface area contributed by atoms with E-state index < -0.39 is 0 Å². The summed E-state index contributed by atoms with van der Waals surface area (Å²) in [6.07, 6.45) is 3.43.